The minimum atomic E-state index is -3.44. The average molecular weight is 411 g/mol. The van der Waals surface area contributed by atoms with Gasteiger partial charge in [0.05, 0.1) is 29.3 Å². The van der Waals surface area contributed by atoms with Crippen LogP contribution >= 0.6 is 0 Å². The molecule has 1 aromatic rings. The zero-order chi connectivity index (χ0) is 20.1. The second-order valence-corrected chi connectivity index (χ2v) is 9.57. The van der Waals surface area contributed by atoms with Crippen molar-refractivity contribution in [2.75, 3.05) is 48.7 Å². The number of carbonyl (C=O) groups excluding carboxylic acids is 1. The lowest BCUT2D eigenvalue weighted by Gasteiger charge is -2.34. The van der Waals surface area contributed by atoms with Crippen molar-refractivity contribution in [3.8, 4) is 0 Å². The predicted octanol–water partition coefficient (Wildman–Crippen LogP) is 1.85. The Morgan fingerprint density at radius 3 is 2.46 bits per heavy atom. The zero-order valence-corrected chi connectivity index (χ0v) is 17.4. The number of carbonyl (C=O) groups is 1. The summed E-state index contributed by atoms with van der Waals surface area (Å²) < 4.78 is 32.1. The van der Waals surface area contributed by atoms with Crippen LogP contribution < -0.4 is 15.5 Å². The first-order valence-corrected chi connectivity index (χ1v) is 11.5. The third-order valence-corrected chi connectivity index (χ3v) is 6.83. The smallest absolute Gasteiger partial charge is 0.319 e. The second kappa shape index (κ2) is 9.11. The van der Waals surface area contributed by atoms with Crippen molar-refractivity contribution in [2.45, 2.75) is 38.9 Å². The lowest BCUT2D eigenvalue weighted by atomic mass is 10.2. The van der Waals surface area contributed by atoms with Crippen LogP contribution in [-0.2, 0) is 14.8 Å². The first kappa shape index (κ1) is 20.9. The molecule has 0 bridgehead atoms. The first-order valence-electron chi connectivity index (χ1n) is 9.87. The highest BCUT2D eigenvalue weighted by Gasteiger charge is 2.30. The molecule has 0 saturated carbocycles. The van der Waals surface area contributed by atoms with Crippen LogP contribution in [0.4, 0.5) is 16.2 Å². The standard InChI is InChI=1S/C19H30N4O4S/c1-15-13-23(14-16(2)27-15)28(25,26)12-9-20-19(24)21-17-7-3-4-8-18(17)22-10-5-6-11-22/h3-4,7-8,15-16H,5-6,9-14H2,1-2H3,(H2,20,21,24). The van der Waals surface area contributed by atoms with Crippen molar-refractivity contribution < 1.29 is 17.9 Å². The quantitative estimate of drug-likeness (QED) is 0.747. The van der Waals surface area contributed by atoms with E-state index < -0.39 is 16.1 Å². The van der Waals surface area contributed by atoms with Crippen molar-refractivity contribution in [2.24, 2.45) is 0 Å². The minimum Gasteiger partial charge on any atom is -0.373 e. The van der Waals surface area contributed by atoms with Gasteiger partial charge in [0.1, 0.15) is 0 Å². The van der Waals surface area contributed by atoms with E-state index in [4.69, 9.17) is 4.74 Å². The molecule has 0 radical (unpaired) electrons. The van der Waals surface area contributed by atoms with Crippen LogP contribution in [0, 0.1) is 0 Å². The van der Waals surface area contributed by atoms with Gasteiger partial charge < -0.3 is 20.3 Å². The van der Waals surface area contributed by atoms with Crippen molar-refractivity contribution in [1.29, 1.82) is 0 Å². The molecule has 2 amide bonds. The maximum atomic E-state index is 12.5. The molecular formula is C19H30N4O4S. The number of morpholine rings is 1. The van der Waals surface area contributed by atoms with Gasteiger partial charge in [-0.05, 0) is 38.8 Å². The number of nitrogens with zero attached hydrogens (tertiary/aromatic N) is 2. The van der Waals surface area contributed by atoms with Crippen molar-refractivity contribution >= 4 is 27.4 Å². The van der Waals surface area contributed by atoms with E-state index in [0.717, 1.165) is 37.3 Å². The third kappa shape index (κ3) is 5.36. The molecule has 2 atom stereocenters. The molecule has 0 spiro atoms. The minimum absolute atomic E-state index is 0.0557. The molecular weight excluding hydrogens is 380 g/mol. The highest BCUT2D eigenvalue weighted by molar-refractivity contribution is 7.89. The fraction of sp³-hybridized carbons (Fsp3) is 0.632. The fourth-order valence-corrected chi connectivity index (χ4v) is 5.25. The monoisotopic (exact) mass is 410 g/mol. The molecule has 2 N–H and O–H groups in total. The van der Waals surface area contributed by atoms with Gasteiger partial charge in [-0.1, -0.05) is 12.1 Å². The zero-order valence-electron chi connectivity index (χ0n) is 16.6. The summed E-state index contributed by atoms with van der Waals surface area (Å²) in [6, 6.07) is 7.28. The SMILES string of the molecule is CC1CN(S(=O)(=O)CCNC(=O)Nc2ccccc2N2CCCC2)CC(C)O1. The van der Waals surface area contributed by atoms with Crippen LogP contribution in [0.2, 0.25) is 0 Å². The van der Waals surface area contributed by atoms with E-state index >= 15 is 0 Å². The third-order valence-electron chi connectivity index (χ3n) is 5.02. The van der Waals surface area contributed by atoms with Gasteiger partial charge in [0.2, 0.25) is 10.0 Å². The Morgan fingerprint density at radius 2 is 1.79 bits per heavy atom. The van der Waals surface area contributed by atoms with Crippen LogP contribution in [0.15, 0.2) is 24.3 Å². The summed E-state index contributed by atoms with van der Waals surface area (Å²) >= 11 is 0. The number of rotatable bonds is 6. The number of hydrogen-bond donors (Lipinski definition) is 2. The van der Waals surface area contributed by atoms with Crippen molar-refractivity contribution in [1.82, 2.24) is 9.62 Å². The number of hydrogen-bond acceptors (Lipinski definition) is 5. The molecule has 8 nitrogen and oxygen atoms in total. The molecule has 0 aliphatic carbocycles. The van der Waals surface area contributed by atoms with Crippen LogP contribution in [0.5, 0.6) is 0 Å². The van der Waals surface area contributed by atoms with Gasteiger partial charge in [0.25, 0.3) is 0 Å². The van der Waals surface area contributed by atoms with Gasteiger partial charge >= 0.3 is 6.03 Å². The van der Waals surface area contributed by atoms with Crippen LogP contribution in [-0.4, -0.2) is 69.4 Å². The summed E-state index contributed by atoms with van der Waals surface area (Å²) in [5, 5.41) is 5.51. The number of para-hydroxylation sites is 2. The largest absolute Gasteiger partial charge is 0.373 e. The number of benzene rings is 1. The summed E-state index contributed by atoms with van der Waals surface area (Å²) in [4.78, 5) is 14.5. The van der Waals surface area contributed by atoms with E-state index in [-0.39, 0.29) is 24.5 Å². The van der Waals surface area contributed by atoms with E-state index in [1.807, 2.05) is 38.1 Å². The lowest BCUT2D eigenvalue weighted by Crippen LogP contribution is -2.49. The number of urea groups is 1. The predicted molar refractivity (Wildman–Crippen MR) is 110 cm³/mol. The van der Waals surface area contributed by atoms with Crippen LogP contribution in [0.1, 0.15) is 26.7 Å². The maximum Gasteiger partial charge on any atom is 0.319 e. The average Bonchev–Trinajstić information content (AvgIpc) is 3.15. The number of amides is 2. The number of anilines is 2. The van der Waals surface area contributed by atoms with E-state index in [0.29, 0.717) is 13.1 Å². The topological polar surface area (TPSA) is 91.0 Å². The van der Waals surface area contributed by atoms with Gasteiger partial charge in [-0.15, -0.1) is 0 Å². The Balaban J connectivity index is 1.51. The summed E-state index contributed by atoms with van der Waals surface area (Å²) in [5.74, 6) is -0.131. The van der Waals surface area contributed by atoms with Crippen LogP contribution in [0.25, 0.3) is 0 Å². The Morgan fingerprint density at radius 1 is 1.14 bits per heavy atom. The van der Waals surface area contributed by atoms with Crippen molar-refractivity contribution in [3.63, 3.8) is 0 Å². The van der Waals surface area contributed by atoms with Gasteiger partial charge in [-0.25, -0.2) is 13.2 Å². The molecule has 1 aromatic carbocycles. The highest BCUT2D eigenvalue weighted by Crippen LogP contribution is 2.28. The van der Waals surface area contributed by atoms with E-state index in [2.05, 4.69) is 15.5 Å². The molecule has 156 valence electrons. The van der Waals surface area contributed by atoms with Crippen LogP contribution in [0.3, 0.4) is 0 Å². The number of sulfonamides is 1. The lowest BCUT2D eigenvalue weighted by molar-refractivity contribution is -0.0440. The molecule has 0 aromatic heterocycles. The van der Waals surface area contributed by atoms with E-state index in [9.17, 15) is 13.2 Å². The Labute approximate surface area is 167 Å². The number of nitrogens with one attached hydrogen (secondary N) is 2. The molecule has 2 unspecified atom stereocenters. The fourth-order valence-electron chi connectivity index (χ4n) is 3.76. The van der Waals surface area contributed by atoms with Gasteiger partial charge in [0, 0.05) is 32.7 Å². The molecule has 3 rings (SSSR count). The molecule has 2 aliphatic rings. The summed E-state index contributed by atoms with van der Waals surface area (Å²) in [7, 11) is -3.44. The van der Waals surface area contributed by atoms with E-state index in [1.165, 1.54) is 4.31 Å². The molecule has 9 heteroatoms. The van der Waals surface area contributed by atoms with E-state index in [1.54, 1.807) is 0 Å². The van der Waals surface area contributed by atoms with Gasteiger partial charge in [0.15, 0.2) is 0 Å². The summed E-state index contributed by atoms with van der Waals surface area (Å²) in [5.41, 5.74) is 1.74. The highest BCUT2D eigenvalue weighted by atomic mass is 32.2. The van der Waals surface area contributed by atoms with Crippen molar-refractivity contribution in [3.05, 3.63) is 24.3 Å². The van der Waals surface area contributed by atoms with Gasteiger partial charge in [-0.3, -0.25) is 0 Å². The molecule has 2 heterocycles. The normalized spacial score (nSPS) is 23.6. The van der Waals surface area contributed by atoms with Gasteiger partial charge in [-0.2, -0.15) is 4.31 Å². The summed E-state index contributed by atoms with van der Waals surface area (Å²) in [6.07, 6.45) is 2.04. The Kier molecular flexibility index (Phi) is 6.79. The second-order valence-electron chi connectivity index (χ2n) is 7.48. The maximum absolute atomic E-state index is 12.5. The Hall–Kier alpha value is -1.84. The first-order chi connectivity index (χ1) is 13.3. The molecule has 28 heavy (non-hydrogen) atoms. The molecule has 2 aliphatic heterocycles. The molecule has 2 saturated heterocycles. The Bertz CT molecular complexity index is 770. The molecule has 2 fully saturated rings. The summed E-state index contributed by atoms with van der Waals surface area (Å²) in [6.45, 7) is 6.44. The number of ether oxygens (including phenoxy) is 1.